The fourth-order valence-corrected chi connectivity index (χ4v) is 5.40. The SMILES string of the molecule is CCCCCCC(=O)Nc1ccc(N2CCC(C(N)=O)CC2)c(S(=O)(=O)N[C@@H](C)CC)c1. The molecule has 4 N–H and O–H groups in total. The molecule has 0 bridgehead atoms. The number of benzene rings is 1. The Balaban J connectivity index is 2.25. The second kappa shape index (κ2) is 12.2. The molecular formula is C23H38N4O4S. The Kier molecular flexibility index (Phi) is 9.96. The lowest BCUT2D eigenvalue weighted by Gasteiger charge is -2.33. The average molecular weight is 467 g/mol. The number of sulfonamides is 1. The lowest BCUT2D eigenvalue weighted by atomic mass is 9.96. The van der Waals surface area contributed by atoms with Crippen molar-refractivity contribution in [3.05, 3.63) is 18.2 Å². The highest BCUT2D eigenvalue weighted by atomic mass is 32.2. The zero-order valence-electron chi connectivity index (χ0n) is 19.5. The first-order valence-electron chi connectivity index (χ1n) is 11.7. The van der Waals surface area contributed by atoms with Gasteiger partial charge in [0.2, 0.25) is 21.8 Å². The van der Waals surface area contributed by atoms with Crippen molar-refractivity contribution in [1.29, 1.82) is 0 Å². The molecule has 1 aliphatic rings. The van der Waals surface area contributed by atoms with Crippen molar-refractivity contribution in [2.24, 2.45) is 11.7 Å². The van der Waals surface area contributed by atoms with Gasteiger partial charge in [-0.05, 0) is 50.8 Å². The molecule has 1 heterocycles. The molecule has 0 aliphatic carbocycles. The van der Waals surface area contributed by atoms with Crippen LogP contribution in [-0.2, 0) is 19.6 Å². The van der Waals surface area contributed by atoms with Crippen molar-refractivity contribution in [3.63, 3.8) is 0 Å². The van der Waals surface area contributed by atoms with Gasteiger partial charge < -0.3 is 16.0 Å². The summed E-state index contributed by atoms with van der Waals surface area (Å²) < 4.78 is 29.1. The van der Waals surface area contributed by atoms with Crippen molar-refractivity contribution in [1.82, 2.24) is 4.72 Å². The van der Waals surface area contributed by atoms with Crippen molar-refractivity contribution >= 4 is 33.2 Å². The maximum Gasteiger partial charge on any atom is 0.242 e. The first-order valence-corrected chi connectivity index (χ1v) is 13.2. The Hall–Kier alpha value is -2.13. The summed E-state index contributed by atoms with van der Waals surface area (Å²) in [4.78, 5) is 25.9. The van der Waals surface area contributed by atoms with Crippen LogP contribution in [0.1, 0.15) is 72.1 Å². The van der Waals surface area contributed by atoms with Gasteiger partial charge in [-0.3, -0.25) is 9.59 Å². The minimum absolute atomic E-state index is 0.116. The Labute approximate surface area is 192 Å². The van der Waals surface area contributed by atoms with Crippen LogP contribution in [-0.4, -0.2) is 39.4 Å². The number of unbranched alkanes of at least 4 members (excludes halogenated alkanes) is 3. The standard InChI is InChI=1S/C23H38N4O4S/c1-4-6-7-8-9-22(28)25-19-10-11-20(27-14-12-18(13-15-27)23(24)29)21(16-19)32(30,31)26-17(3)5-2/h10-11,16-18,26H,4-9,12-15H2,1-3H3,(H2,24,29)(H,25,28)/t17-/m0/s1. The second-order valence-corrected chi connectivity index (χ2v) is 10.3. The van der Waals surface area contributed by atoms with Crippen LogP contribution in [0.4, 0.5) is 11.4 Å². The van der Waals surface area contributed by atoms with Crippen LogP contribution in [0.15, 0.2) is 23.1 Å². The molecule has 9 heteroatoms. The predicted molar refractivity (Wildman–Crippen MR) is 128 cm³/mol. The van der Waals surface area contributed by atoms with Gasteiger partial charge in [0.25, 0.3) is 0 Å². The van der Waals surface area contributed by atoms with Crippen LogP contribution in [0, 0.1) is 5.92 Å². The number of nitrogens with one attached hydrogen (secondary N) is 2. The highest BCUT2D eigenvalue weighted by molar-refractivity contribution is 7.89. The summed E-state index contributed by atoms with van der Waals surface area (Å²) in [6.45, 7) is 6.94. The van der Waals surface area contributed by atoms with E-state index in [9.17, 15) is 18.0 Å². The number of amides is 2. The predicted octanol–water partition coefficient (Wildman–Crippen LogP) is 3.37. The molecule has 8 nitrogen and oxygen atoms in total. The molecule has 1 fully saturated rings. The van der Waals surface area contributed by atoms with Gasteiger partial charge in [0.05, 0.1) is 5.69 Å². The number of piperidine rings is 1. The highest BCUT2D eigenvalue weighted by Gasteiger charge is 2.28. The maximum absolute atomic E-state index is 13.2. The summed E-state index contributed by atoms with van der Waals surface area (Å²) >= 11 is 0. The number of anilines is 2. The van der Waals surface area contributed by atoms with Gasteiger partial charge in [0, 0.05) is 37.2 Å². The van der Waals surface area contributed by atoms with Crippen LogP contribution in [0.3, 0.4) is 0 Å². The Morgan fingerprint density at radius 2 is 1.84 bits per heavy atom. The molecule has 0 aromatic heterocycles. The number of primary amides is 1. The van der Waals surface area contributed by atoms with Crippen molar-refractivity contribution in [3.8, 4) is 0 Å². The summed E-state index contributed by atoms with van der Waals surface area (Å²) in [6, 6.07) is 4.79. The van der Waals surface area contributed by atoms with Gasteiger partial charge >= 0.3 is 0 Å². The molecule has 1 saturated heterocycles. The summed E-state index contributed by atoms with van der Waals surface area (Å²) in [7, 11) is -3.80. The second-order valence-electron chi connectivity index (χ2n) is 8.64. The molecule has 1 aromatic carbocycles. The first-order chi connectivity index (χ1) is 15.2. The van der Waals surface area contributed by atoms with E-state index in [0.29, 0.717) is 50.1 Å². The molecule has 0 spiro atoms. The number of hydrogen-bond acceptors (Lipinski definition) is 5. The number of nitrogens with zero attached hydrogens (tertiary/aromatic N) is 1. The smallest absolute Gasteiger partial charge is 0.242 e. The van der Waals surface area contributed by atoms with Gasteiger partial charge in [0.1, 0.15) is 4.90 Å². The lowest BCUT2D eigenvalue weighted by molar-refractivity contribution is -0.122. The lowest BCUT2D eigenvalue weighted by Crippen LogP contribution is -2.40. The zero-order valence-corrected chi connectivity index (χ0v) is 20.3. The number of rotatable bonds is 12. The Morgan fingerprint density at radius 1 is 1.16 bits per heavy atom. The molecular weight excluding hydrogens is 428 g/mol. The number of nitrogens with two attached hydrogens (primary N) is 1. The molecule has 180 valence electrons. The molecule has 1 aliphatic heterocycles. The Bertz CT molecular complexity index is 880. The van der Waals surface area contributed by atoms with Crippen molar-refractivity contribution < 1.29 is 18.0 Å². The molecule has 2 amide bonds. The fourth-order valence-electron chi connectivity index (χ4n) is 3.82. The number of carbonyl (C=O) groups excluding carboxylic acids is 2. The molecule has 0 radical (unpaired) electrons. The van der Waals surface area contributed by atoms with E-state index in [1.54, 1.807) is 12.1 Å². The Morgan fingerprint density at radius 3 is 2.44 bits per heavy atom. The van der Waals surface area contributed by atoms with E-state index >= 15 is 0 Å². The summed E-state index contributed by atoms with van der Waals surface area (Å²) in [5.74, 6) is -0.613. The highest BCUT2D eigenvalue weighted by Crippen LogP contribution is 2.32. The molecule has 2 rings (SSSR count). The maximum atomic E-state index is 13.2. The molecule has 0 unspecified atom stereocenters. The summed E-state index contributed by atoms with van der Waals surface area (Å²) in [6.07, 6.45) is 6.26. The quantitative estimate of drug-likeness (QED) is 0.408. The number of hydrogen-bond donors (Lipinski definition) is 3. The molecule has 1 atom stereocenters. The summed E-state index contributed by atoms with van der Waals surface area (Å²) in [5.41, 5.74) is 6.47. The van der Waals surface area contributed by atoms with E-state index in [-0.39, 0.29) is 28.7 Å². The van der Waals surface area contributed by atoms with Gasteiger partial charge in [-0.25, -0.2) is 13.1 Å². The van der Waals surface area contributed by atoms with E-state index in [4.69, 9.17) is 5.73 Å². The minimum atomic E-state index is -3.80. The summed E-state index contributed by atoms with van der Waals surface area (Å²) in [5, 5.41) is 2.84. The fraction of sp³-hybridized carbons (Fsp3) is 0.652. The van der Waals surface area contributed by atoms with E-state index in [1.807, 2.05) is 18.7 Å². The first kappa shape index (κ1) is 26.1. The van der Waals surface area contributed by atoms with Gasteiger partial charge in [-0.1, -0.05) is 33.1 Å². The van der Waals surface area contributed by atoms with Gasteiger partial charge in [-0.15, -0.1) is 0 Å². The van der Waals surface area contributed by atoms with Gasteiger partial charge in [0.15, 0.2) is 0 Å². The van der Waals surface area contributed by atoms with Crippen LogP contribution < -0.4 is 20.7 Å². The topological polar surface area (TPSA) is 122 Å². The molecule has 1 aromatic rings. The molecule has 32 heavy (non-hydrogen) atoms. The van der Waals surface area contributed by atoms with Gasteiger partial charge in [-0.2, -0.15) is 0 Å². The third-order valence-corrected chi connectivity index (χ3v) is 7.62. The van der Waals surface area contributed by atoms with Crippen LogP contribution in [0.2, 0.25) is 0 Å². The van der Waals surface area contributed by atoms with E-state index < -0.39 is 10.0 Å². The third kappa shape index (κ3) is 7.48. The van der Waals surface area contributed by atoms with E-state index in [0.717, 1.165) is 25.7 Å². The van der Waals surface area contributed by atoms with E-state index in [1.165, 1.54) is 6.07 Å². The van der Waals surface area contributed by atoms with Crippen LogP contribution in [0.5, 0.6) is 0 Å². The zero-order chi connectivity index (χ0) is 23.7. The van der Waals surface area contributed by atoms with Crippen molar-refractivity contribution in [2.45, 2.75) is 83.1 Å². The van der Waals surface area contributed by atoms with Crippen molar-refractivity contribution in [2.75, 3.05) is 23.3 Å². The molecule has 0 saturated carbocycles. The van der Waals surface area contributed by atoms with Crippen LogP contribution in [0.25, 0.3) is 0 Å². The third-order valence-electron chi connectivity index (χ3n) is 6.00. The van der Waals surface area contributed by atoms with Crippen LogP contribution >= 0.6 is 0 Å². The largest absolute Gasteiger partial charge is 0.370 e. The average Bonchev–Trinajstić information content (AvgIpc) is 2.76. The monoisotopic (exact) mass is 466 g/mol. The van der Waals surface area contributed by atoms with E-state index in [2.05, 4.69) is 17.0 Å². The minimum Gasteiger partial charge on any atom is -0.370 e. The normalized spacial score (nSPS) is 16.0. The number of carbonyl (C=O) groups is 2.